The lowest BCUT2D eigenvalue weighted by Gasteiger charge is -1.98. The summed E-state index contributed by atoms with van der Waals surface area (Å²) in [5.41, 5.74) is -0.101. The molecular weight excluding hydrogens is 116 g/mol. The molecule has 0 N–H and O–H groups in total. The first-order chi connectivity index (χ1) is 4.23. The summed E-state index contributed by atoms with van der Waals surface area (Å²) in [4.78, 5) is 10.1. The summed E-state index contributed by atoms with van der Waals surface area (Å²) in [5, 5.41) is 0. The lowest BCUT2D eigenvalue weighted by Crippen LogP contribution is -2.09. The average molecular weight is 128 g/mol. The molecule has 1 saturated heterocycles. The van der Waals surface area contributed by atoms with Crippen molar-refractivity contribution in [3.63, 3.8) is 0 Å². The number of ether oxygens (including phenoxy) is 1. The minimum atomic E-state index is -0.113. The first-order valence-corrected chi connectivity index (χ1v) is 3.36. The summed E-state index contributed by atoms with van der Waals surface area (Å²) >= 11 is 0. The predicted octanol–water partition coefficient (Wildman–Crippen LogP) is 1.14. The highest BCUT2D eigenvalue weighted by molar-refractivity contribution is 5.62. The molecule has 52 valence electrons. The SMILES string of the molecule is CCC[C@]1(C)O[C@H]1C=O. The van der Waals surface area contributed by atoms with Gasteiger partial charge in [-0.05, 0) is 13.3 Å². The summed E-state index contributed by atoms with van der Waals surface area (Å²) in [6.45, 7) is 4.07. The largest absolute Gasteiger partial charge is 0.358 e. The first kappa shape index (κ1) is 6.75. The molecule has 0 bridgehead atoms. The van der Waals surface area contributed by atoms with Gasteiger partial charge in [0, 0.05) is 0 Å². The number of carbonyl (C=O) groups excluding carboxylic acids is 1. The highest BCUT2D eigenvalue weighted by atomic mass is 16.6. The van der Waals surface area contributed by atoms with Crippen LogP contribution in [0.5, 0.6) is 0 Å². The van der Waals surface area contributed by atoms with Gasteiger partial charge in [0.2, 0.25) is 0 Å². The molecule has 1 aliphatic rings. The zero-order valence-corrected chi connectivity index (χ0v) is 5.89. The van der Waals surface area contributed by atoms with Crippen LogP contribution in [0.3, 0.4) is 0 Å². The summed E-state index contributed by atoms with van der Waals surface area (Å²) < 4.78 is 5.13. The van der Waals surface area contributed by atoms with Crippen molar-refractivity contribution >= 4 is 6.29 Å². The van der Waals surface area contributed by atoms with Crippen LogP contribution in [0.4, 0.5) is 0 Å². The van der Waals surface area contributed by atoms with Crippen LogP contribution in [0.15, 0.2) is 0 Å². The van der Waals surface area contributed by atoms with Gasteiger partial charge in [-0.1, -0.05) is 13.3 Å². The Morgan fingerprint density at radius 3 is 2.78 bits per heavy atom. The molecule has 1 fully saturated rings. The molecule has 2 heteroatoms. The van der Waals surface area contributed by atoms with Crippen molar-refractivity contribution in [2.24, 2.45) is 0 Å². The molecule has 0 aliphatic carbocycles. The zero-order chi connectivity index (χ0) is 6.91. The van der Waals surface area contributed by atoms with Crippen molar-refractivity contribution in [3.8, 4) is 0 Å². The Hall–Kier alpha value is -0.370. The second-order valence-electron chi connectivity index (χ2n) is 2.74. The van der Waals surface area contributed by atoms with Gasteiger partial charge in [-0.2, -0.15) is 0 Å². The molecule has 0 amide bonds. The van der Waals surface area contributed by atoms with Crippen molar-refractivity contribution in [3.05, 3.63) is 0 Å². The third kappa shape index (κ3) is 1.13. The first-order valence-electron chi connectivity index (χ1n) is 3.36. The fourth-order valence-corrected chi connectivity index (χ4v) is 1.13. The Labute approximate surface area is 55.2 Å². The van der Waals surface area contributed by atoms with E-state index >= 15 is 0 Å². The van der Waals surface area contributed by atoms with E-state index in [0.717, 1.165) is 19.1 Å². The monoisotopic (exact) mass is 128 g/mol. The van der Waals surface area contributed by atoms with E-state index in [9.17, 15) is 4.79 Å². The highest BCUT2D eigenvalue weighted by Gasteiger charge is 2.51. The van der Waals surface area contributed by atoms with E-state index in [1.165, 1.54) is 0 Å². The lowest BCUT2D eigenvalue weighted by atomic mass is 10.0. The standard InChI is InChI=1S/C7H12O2/c1-3-4-7(2)6(5-8)9-7/h5-6H,3-4H2,1-2H3/t6-,7-/m0/s1. The Kier molecular flexibility index (Phi) is 1.58. The maximum absolute atomic E-state index is 10.1. The fraction of sp³-hybridized carbons (Fsp3) is 0.857. The molecular formula is C7H12O2. The van der Waals surface area contributed by atoms with E-state index in [0.29, 0.717) is 0 Å². The molecule has 1 aliphatic heterocycles. The topological polar surface area (TPSA) is 29.6 Å². The molecule has 2 atom stereocenters. The van der Waals surface area contributed by atoms with Crippen LogP contribution in [0.25, 0.3) is 0 Å². The van der Waals surface area contributed by atoms with Crippen molar-refractivity contribution in [2.45, 2.75) is 38.4 Å². The normalized spacial score (nSPS) is 40.4. The molecule has 2 nitrogen and oxygen atoms in total. The van der Waals surface area contributed by atoms with Gasteiger partial charge in [0.25, 0.3) is 0 Å². The van der Waals surface area contributed by atoms with Crippen LogP contribution in [0.2, 0.25) is 0 Å². The molecule has 1 rings (SSSR count). The Morgan fingerprint density at radius 2 is 2.44 bits per heavy atom. The van der Waals surface area contributed by atoms with E-state index in [4.69, 9.17) is 4.74 Å². The molecule has 0 radical (unpaired) electrons. The molecule has 0 spiro atoms. The third-order valence-corrected chi connectivity index (χ3v) is 1.81. The molecule has 0 aromatic carbocycles. The van der Waals surface area contributed by atoms with Gasteiger partial charge in [-0.3, -0.25) is 0 Å². The van der Waals surface area contributed by atoms with Gasteiger partial charge in [0.15, 0.2) is 6.29 Å². The minimum absolute atomic E-state index is 0.101. The van der Waals surface area contributed by atoms with Crippen LogP contribution in [-0.2, 0) is 9.53 Å². The summed E-state index contributed by atoms with van der Waals surface area (Å²) in [7, 11) is 0. The molecule has 0 saturated carbocycles. The smallest absolute Gasteiger partial charge is 0.151 e. The van der Waals surface area contributed by atoms with Crippen LogP contribution < -0.4 is 0 Å². The molecule has 1 heterocycles. The van der Waals surface area contributed by atoms with Crippen LogP contribution in [0.1, 0.15) is 26.7 Å². The quantitative estimate of drug-likeness (QED) is 0.421. The molecule has 0 unspecified atom stereocenters. The van der Waals surface area contributed by atoms with E-state index in [2.05, 4.69) is 6.92 Å². The summed E-state index contributed by atoms with van der Waals surface area (Å²) in [6.07, 6.45) is 2.85. The van der Waals surface area contributed by atoms with Crippen LogP contribution in [0, 0.1) is 0 Å². The predicted molar refractivity (Wildman–Crippen MR) is 34.2 cm³/mol. The number of hydrogen-bond acceptors (Lipinski definition) is 2. The van der Waals surface area contributed by atoms with Crippen molar-refractivity contribution in [1.29, 1.82) is 0 Å². The van der Waals surface area contributed by atoms with Crippen molar-refractivity contribution in [1.82, 2.24) is 0 Å². The van der Waals surface area contributed by atoms with Gasteiger partial charge >= 0.3 is 0 Å². The second kappa shape index (κ2) is 2.10. The second-order valence-corrected chi connectivity index (χ2v) is 2.74. The average Bonchev–Trinajstić information content (AvgIpc) is 2.43. The van der Waals surface area contributed by atoms with Crippen LogP contribution >= 0.6 is 0 Å². The van der Waals surface area contributed by atoms with E-state index in [-0.39, 0.29) is 11.7 Å². The zero-order valence-electron chi connectivity index (χ0n) is 5.89. The maximum atomic E-state index is 10.1. The van der Waals surface area contributed by atoms with Crippen molar-refractivity contribution in [2.75, 3.05) is 0 Å². The number of hydrogen-bond donors (Lipinski definition) is 0. The molecule has 9 heavy (non-hydrogen) atoms. The fourth-order valence-electron chi connectivity index (χ4n) is 1.13. The van der Waals surface area contributed by atoms with E-state index in [1.807, 2.05) is 6.92 Å². The van der Waals surface area contributed by atoms with E-state index in [1.54, 1.807) is 0 Å². The van der Waals surface area contributed by atoms with Gasteiger partial charge in [-0.15, -0.1) is 0 Å². The third-order valence-electron chi connectivity index (χ3n) is 1.81. The maximum Gasteiger partial charge on any atom is 0.151 e. The highest BCUT2D eigenvalue weighted by Crippen LogP contribution is 2.38. The molecule has 0 aromatic rings. The van der Waals surface area contributed by atoms with Gasteiger partial charge in [0.1, 0.15) is 6.10 Å². The van der Waals surface area contributed by atoms with Crippen molar-refractivity contribution < 1.29 is 9.53 Å². The van der Waals surface area contributed by atoms with E-state index < -0.39 is 0 Å². The number of carbonyl (C=O) groups is 1. The Morgan fingerprint density at radius 1 is 1.78 bits per heavy atom. The van der Waals surface area contributed by atoms with Gasteiger partial charge in [-0.25, -0.2) is 0 Å². The summed E-state index contributed by atoms with van der Waals surface area (Å²) in [6, 6.07) is 0. The Balaban J connectivity index is 2.33. The Bertz CT molecular complexity index is 122. The van der Waals surface area contributed by atoms with Crippen LogP contribution in [-0.4, -0.2) is 18.0 Å². The molecule has 0 aromatic heterocycles. The number of epoxide rings is 1. The number of aldehydes is 1. The minimum Gasteiger partial charge on any atom is -0.358 e. The number of rotatable bonds is 3. The van der Waals surface area contributed by atoms with Gasteiger partial charge in [0.05, 0.1) is 5.60 Å². The summed E-state index contributed by atoms with van der Waals surface area (Å²) in [5.74, 6) is 0. The lowest BCUT2D eigenvalue weighted by molar-refractivity contribution is -0.108. The van der Waals surface area contributed by atoms with Gasteiger partial charge < -0.3 is 9.53 Å².